The van der Waals surface area contributed by atoms with Crippen molar-refractivity contribution in [1.29, 1.82) is 0 Å². The molecular formula is C16H15Cl2NO. The first-order valence-corrected chi connectivity index (χ1v) is 7.14. The molecule has 0 aliphatic heterocycles. The molecule has 20 heavy (non-hydrogen) atoms. The van der Waals surface area contributed by atoms with Gasteiger partial charge in [-0.1, -0.05) is 65.6 Å². The monoisotopic (exact) mass is 307 g/mol. The molecule has 2 aromatic rings. The third-order valence-corrected chi connectivity index (χ3v) is 4.06. The van der Waals surface area contributed by atoms with Crippen molar-refractivity contribution in [2.24, 2.45) is 5.16 Å². The van der Waals surface area contributed by atoms with E-state index in [1.807, 2.05) is 42.5 Å². The summed E-state index contributed by atoms with van der Waals surface area (Å²) in [7, 11) is 0. The van der Waals surface area contributed by atoms with Crippen LogP contribution < -0.4 is 0 Å². The second-order valence-corrected chi connectivity index (χ2v) is 5.32. The molecule has 0 bridgehead atoms. The third-order valence-electron chi connectivity index (χ3n) is 3.32. The fourth-order valence-corrected chi connectivity index (χ4v) is 2.68. The van der Waals surface area contributed by atoms with E-state index in [9.17, 15) is 0 Å². The van der Waals surface area contributed by atoms with Crippen LogP contribution in [0.4, 0.5) is 0 Å². The average molecular weight is 308 g/mol. The maximum absolute atomic E-state index is 8.78. The van der Waals surface area contributed by atoms with E-state index in [-0.39, 0.29) is 5.92 Å². The number of benzene rings is 2. The molecular weight excluding hydrogens is 293 g/mol. The van der Waals surface area contributed by atoms with E-state index in [2.05, 4.69) is 12.1 Å². The molecule has 4 heteroatoms. The van der Waals surface area contributed by atoms with Crippen LogP contribution in [0.2, 0.25) is 10.0 Å². The van der Waals surface area contributed by atoms with Crippen molar-refractivity contribution >= 4 is 29.4 Å². The summed E-state index contributed by atoms with van der Waals surface area (Å²) >= 11 is 12.1. The molecule has 0 aliphatic rings. The lowest BCUT2D eigenvalue weighted by atomic mass is 9.86. The minimum Gasteiger partial charge on any atom is -0.411 e. The maximum Gasteiger partial charge on any atom is 0.0736 e. The van der Waals surface area contributed by atoms with Crippen LogP contribution >= 0.6 is 23.2 Å². The van der Waals surface area contributed by atoms with Gasteiger partial charge in [0.15, 0.2) is 0 Å². The van der Waals surface area contributed by atoms with Crippen molar-refractivity contribution in [3.05, 3.63) is 69.2 Å². The van der Waals surface area contributed by atoms with Gasteiger partial charge >= 0.3 is 0 Å². The summed E-state index contributed by atoms with van der Waals surface area (Å²) < 4.78 is 0. The normalized spacial score (nSPS) is 12.8. The van der Waals surface area contributed by atoms with Crippen molar-refractivity contribution in [3.63, 3.8) is 0 Å². The van der Waals surface area contributed by atoms with E-state index in [0.29, 0.717) is 10.0 Å². The van der Waals surface area contributed by atoms with Gasteiger partial charge in [0.1, 0.15) is 0 Å². The molecule has 0 fully saturated rings. The van der Waals surface area contributed by atoms with E-state index in [1.54, 1.807) is 0 Å². The van der Waals surface area contributed by atoms with Crippen LogP contribution in [0.25, 0.3) is 0 Å². The molecule has 0 amide bonds. The number of nitrogens with zero attached hydrogens (tertiary/aromatic N) is 1. The van der Waals surface area contributed by atoms with E-state index in [4.69, 9.17) is 28.4 Å². The number of hydrogen-bond donors (Lipinski definition) is 1. The number of halogens is 2. The average Bonchev–Trinajstić information content (AvgIpc) is 2.45. The van der Waals surface area contributed by atoms with Crippen LogP contribution in [0.1, 0.15) is 36.0 Å². The zero-order chi connectivity index (χ0) is 14.5. The van der Waals surface area contributed by atoms with E-state index < -0.39 is 0 Å². The van der Waals surface area contributed by atoms with Gasteiger partial charge in [-0.2, -0.15) is 0 Å². The Bertz CT molecular complexity index is 626. The SMILES string of the molecule is CCC(c1ccc(Cl)c(Cl)c1)c1ccccc1/C=N/O. The lowest BCUT2D eigenvalue weighted by Crippen LogP contribution is -2.03. The van der Waals surface area contributed by atoms with Gasteiger partial charge in [0, 0.05) is 5.92 Å². The first-order valence-electron chi connectivity index (χ1n) is 6.38. The summed E-state index contributed by atoms with van der Waals surface area (Å²) in [5.41, 5.74) is 3.10. The molecule has 0 spiro atoms. The van der Waals surface area contributed by atoms with Crippen LogP contribution in [-0.4, -0.2) is 11.4 Å². The minimum atomic E-state index is 0.180. The van der Waals surface area contributed by atoms with Crippen molar-refractivity contribution in [2.75, 3.05) is 0 Å². The molecule has 2 rings (SSSR count). The third kappa shape index (κ3) is 3.14. The number of rotatable bonds is 4. The summed E-state index contributed by atoms with van der Waals surface area (Å²) in [5, 5.41) is 13.0. The van der Waals surface area contributed by atoms with E-state index in [1.165, 1.54) is 6.21 Å². The molecule has 0 heterocycles. The molecule has 104 valence electrons. The molecule has 0 saturated carbocycles. The molecule has 1 N–H and O–H groups in total. The molecule has 2 nitrogen and oxygen atoms in total. The highest BCUT2D eigenvalue weighted by atomic mass is 35.5. The standard InChI is InChI=1S/C16H15Cl2NO/c1-2-13(11-7-8-15(17)16(18)9-11)14-6-4-3-5-12(14)10-19-20/h3-10,13,20H,2H2,1H3/b19-10+. The smallest absolute Gasteiger partial charge is 0.0736 e. The lowest BCUT2D eigenvalue weighted by molar-refractivity contribution is 0.322. The highest BCUT2D eigenvalue weighted by Crippen LogP contribution is 2.33. The van der Waals surface area contributed by atoms with E-state index >= 15 is 0 Å². The first kappa shape index (κ1) is 14.9. The minimum absolute atomic E-state index is 0.180. The molecule has 0 aromatic heterocycles. The summed E-state index contributed by atoms with van der Waals surface area (Å²) in [6, 6.07) is 13.5. The largest absolute Gasteiger partial charge is 0.411 e. The topological polar surface area (TPSA) is 32.6 Å². The van der Waals surface area contributed by atoms with Crippen molar-refractivity contribution in [2.45, 2.75) is 19.3 Å². The van der Waals surface area contributed by atoms with Gasteiger partial charge in [0.25, 0.3) is 0 Å². The Hall–Kier alpha value is -1.51. The van der Waals surface area contributed by atoms with Gasteiger partial charge in [0.05, 0.1) is 16.3 Å². The van der Waals surface area contributed by atoms with Crippen molar-refractivity contribution < 1.29 is 5.21 Å². The fraction of sp³-hybridized carbons (Fsp3) is 0.188. The van der Waals surface area contributed by atoms with Crippen LogP contribution in [-0.2, 0) is 0 Å². The van der Waals surface area contributed by atoms with Gasteiger partial charge in [-0.05, 0) is 35.2 Å². The van der Waals surface area contributed by atoms with Crippen LogP contribution in [0, 0.1) is 0 Å². The van der Waals surface area contributed by atoms with Gasteiger partial charge < -0.3 is 5.21 Å². The van der Waals surface area contributed by atoms with Crippen LogP contribution in [0.5, 0.6) is 0 Å². The zero-order valence-corrected chi connectivity index (χ0v) is 12.6. The quantitative estimate of drug-likeness (QED) is 0.461. The second kappa shape index (κ2) is 6.78. The molecule has 1 atom stereocenters. The van der Waals surface area contributed by atoms with Gasteiger partial charge in [-0.3, -0.25) is 0 Å². The highest BCUT2D eigenvalue weighted by molar-refractivity contribution is 6.42. The predicted octanol–water partition coefficient (Wildman–Crippen LogP) is 5.34. The number of oxime groups is 1. The Morgan fingerprint density at radius 1 is 1.15 bits per heavy atom. The lowest BCUT2D eigenvalue weighted by Gasteiger charge is -2.18. The molecule has 0 radical (unpaired) electrons. The second-order valence-electron chi connectivity index (χ2n) is 4.51. The van der Waals surface area contributed by atoms with Gasteiger partial charge in [0.2, 0.25) is 0 Å². The van der Waals surface area contributed by atoms with E-state index in [0.717, 1.165) is 23.1 Å². The summed E-state index contributed by atoms with van der Waals surface area (Å²) in [6.45, 7) is 2.11. The first-order chi connectivity index (χ1) is 9.67. The Morgan fingerprint density at radius 2 is 1.90 bits per heavy atom. The number of hydrogen-bond acceptors (Lipinski definition) is 2. The maximum atomic E-state index is 8.78. The highest BCUT2D eigenvalue weighted by Gasteiger charge is 2.16. The fourth-order valence-electron chi connectivity index (χ4n) is 2.37. The Labute approximate surface area is 128 Å². The van der Waals surface area contributed by atoms with Crippen molar-refractivity contribution in [3.8, 4) is 0 Å². The van der Waals surface area contributed by atoms with Gasteiger partial charge in [-0.15, -0.1) is 0 Å². The Balaban J connectivity index is 2.49. The van der Waals surface area contributed by atoms with Gasteiger partial charge in [-0.25, -0.2) is 0 Å². The molecule has 1 unspecified atom stereocenters. The zero-order valence-electron chi connectivity index (χ0n) is 11.1. The van der Waals surface area contributed by atoms with Crippen LogP contribution in [0.15, 0.2) is 47.6 Å². The Morgan fingerprint density at radius 3 is 2.55 bits per heavy atom. The summed E-state index contributed by atoms with van der Waals surface area (Å²) in [5.74, 6) is 0.180. The summed E-state index contributed by atoms with van der Waals surface area (Å²) in [6.07, 6.45) is 2.36. The molecule has 0 saturated heterocycles. The van der Waals surface area contributed by atoms with Crippen LogP contribution in [0.3, 0.4) is 0 Å². The Kier molecular flexibility index (Phi) is 5.05. The molecule has 0 aliphatic carbocycles. The predicted molar refractivity (Wildman–Crippen MR) is 84.4 cm³/mol. The van der Waals surface area contributed by atoms with Crippen molar-refractivity contribution in [1.82, 2.24) is 0 Å². The molecule has 2 aromatic carbocycles. The summed E-state index contributed by atoms with van der Waals surface area (Å²) in [4.78, 5) is 0.